The Morgan fingerprint density at radius 2 is 2.04 bits per heavy atom. The molecule has 1 fully saturated rings. The molecule has 1 aliphatic carbocycles. The number of thiophene rings is 1. The fourth-order valence-corrected chi connectivity index (χ4v) is 5.29. The number of pyridine rings is 1. The van der Waals surface area contributed by atoms with Crippen LogP contribution in [0, 0.1) is 5.92 Å². The molecular weight excluding hydrogens is 370 g/mol. The van der Waals surface area contributed by atoms with Crippen LogP contribution in [0.1, 0.15) is 57.8 Å². The summed E-state index contributed by atoms with van der Waals surface area (Å²) >= 11 is 1.64. The number of aryl methyl sites for hydroxylation is 1. The van der Waals surface area contributed by atoms with Crippen molar-refractivity contribution >= 4 is 23.2 Å². The van der Waals surface area contributed by atoms with Gasteiger partial charge in [0.2, 0.25) is 5.91 Å². The number of likely N-dealkylation sites (tertiary alicyclic amines) is 1. The maximum absolute atomic E-state index is 12.9. The van der Waals surface area contributed by atoms with Crippen molar-refractivity contribution in [1.82, 2.24) is 15.2 Å². The molecule has 2 amide bonds. The van der Waals surface area contributed by atoms with Gasteiger partial charge in [0.1, 0.15) is 0 Å². The maximum Gasteiger partial charge on any atom is 0.263 e. The molecule has 4 rings (SSSR count). The summed E-state index contributed by atoms with van der Waals surface area (Å²) in [5.74, 6) is 0.264. The van der Waals surface area contributed by atoms with Crippen molar-refractivity contribution in [2.75, 3.05) is 13.1 Å². The third-order valence-electron chi connectivity index (χ3n) is 5.75. The van der Waals surface area contributed by atoms with Crippen LogP contribution in [-0.4, -0.2) is 34.8 Å². The number of rotatable bonds is 4. The summed E-state index contributed by atoms with van der Waals surface area (Å²) in [5.41, 5.74) is 2.20. The molecule has 148 valence electrons. The second-order valence-electron chi connectivity index (χ2n) is 7.78. The van der Waals surface area contributed by atoms with Gasteiger partial charge in [0.25, 0.3) is 5.91 Å². The van der Waals surface area contributed by atoms with Gasteiger partial charge in [-0.2, -0.15) is 0 Å². The fourth-order valence-electron chi connectivity index (χ4n) is 4.12. The van der Waals surface area contributed by atoms with Gasteiger partial charge < -0.3 is 10.2 Å². The van der Waals surface area contributed by atoms with Gasteiger partial charge in [-0.3, -0.25) is 14.6 Å². The molecule has 5 nitrogen and oxygen atoms in total. The molecule has 2 aliphatic rings. The standard InChI is InChI=1S/C22H27N3O2S/c26-21(24-15-16-6-5-9-23-14-16)17-7-8-19-18(12-17)13-20(28-19)22(27)25-10-3-1-2-4-11-25/h5-6,9,13-14,17H,1-4,7-8,10-12,15H2,(H,24,26)/t17-/m0/s1. The van der Waals surface area contributed by atoms with E-state index in [1.54, 1.807) is 23.7 Å². The molecular formula is C22H27N3O2S. The number of fused-ring (bicyclic) bond motifs is 1. The number of amides is 2. The van der Waals surface area contributed by atoms with Gasteiger partial charge in [-0.25, -0.2) is 0 Å². The Morgan fingerprint density at radius 1 is 1.21 bits per heavy atom. The highest BCUT2D eigenvalue weighted by Gasteiger charge is 2.28. The van der Waals surface area contributed by atoms with E-state index in [1.807, 2.05) is 23.1 Å². The zero-order chi connectivity index (χ0) is 19.3. The predicted octanol–water partition coefficient (Wildman–Crippen LogP) is 3.58. The zero-order valence-electron chi connectivity index (χ0n) is 16.2. The van der Waals surface area contributed by atoms with Gasteiger partial charge in [-0.05, 0) is 55.4 Å². The first-order valence-electron chi connectivity index (χ1n) is 10.3. The van der Waals surface area contributed by atoms with E-state index >= 15 is 0 Å². The van der Waals surface area contributed by atoms with Crippen LogP contribution < -0.4 is 5.32 Å². The summed E-state index contributed by atoms with van der Waals surface area (Å²) in [7, 11) is 0. The first-order chi connectivity index (χ1) is 13.7. The average Bonchev–Trinajstić information content (AvgIpc) is 2.97. The molecule has 2 aromatic rings. The second-order valence-corrected chi connectivity index (χ2v) is 8.92. The van der Waals surface area contributed by atoms with E-state index in [9.17, 15) is 9.59 Å². The summed E-state index contributed by atoms with van der Waals surface area (Å²) < 4.78 is 0. The molecule has 0 spiro atoms. The summed E-state index contributed by atoms with van der Waals surface area (Å²) in [4.78, 5) is 33.7. The van der Waals surface area contributed by atoms with Crippen LogP contribution >= 0.6 is 11.3 Å². The normalized spacial score (nSPS) is 19.6. The van der Waals surface area contributed by atoms with Gasteiger partial charge >= 0.3 is 0 Å². The smallest absolute Gasteiger partial charge is 0.263 e. The van der Waals surface area contributed by atoms with Gasteiger partial charge in [0.05, 0.1) is 4.88 Å². The fraction of sp³-hybridized carbons (Fsp3) is 0.500. The van der Waals surface area contributed by atoms with Crippen molar-refractivity contribution in [3.8, 4) is 0 Å². The minimum Gasteiger partial charge on any atom is -0.352 e. The number of hydrogen-bond acceptors (Lipinski definition) is 4. The molecule has 0 saturated carbocycles. The molecule has 2 aromatic heterocycles. The SMILES string of the molecule is O=C(NCc1cccnc1)[C@H]1CCc2sc(C(=O)N3CCCCCC3)cc2C1. The Hall–Kier alpha value is -2.21. The molecule has 0 bridgehead atoms. The molecule has 0 unspecified atom stereocenters. The molecule has 0 radical (unpaired) electrons. The zero-order valence-corrected chi connectivity index (χ0v) is 17.0. The van der Waals surface area contributed by atoms with Gasteiger partial charge in [0.15, 0.2) is 0 Å². The van der Waals surface area contributed by atoms with E-state index in [2.05, 4.69) is 10.3 Å². The molecule has 1 atom stereocenters. The summed E-state index contributed by atoms with van der Waals surface area (Å²) in [6.07, 6.45) is 10.6. The Labute approximate surface area is 170 Å². The number of aromatic nitrogens is 1. The van der Waals surface area contributed by atoms with Gasteiger partial charge in [-0.1, -0.05) is 18.9 Å². The topological polar surface area (TPSA) is 62.3 Å². The van der Waals surface area contributed by atoms with Crippen molar-refractivity contribution in [2.45, 2.75) is 51.5 Å². The van der Waals surface area contributed by atoms with Crippen LogP contribution in [0.2, 0.25) is 0 Å². The molecule has 1 saturated heterocycles. The lowest BCUT2D eigenvalue weighted by molar-refractivity contribution is -0.125. The Kier molecular flexibility index (Phi) is 6.05. The highest BCUT2D eigenvalue weighted by molar-refractivity contribution is 7.14. The van der Waals surface area contributed by atoms with E-state index in [-0.39, 0.29) is 17.7 Å². The van der Waals surface area contributed by atoms with Crippen LogP contribution in [-0.2, 0) is 24.2 Å². The van der Waals surface area contributed by atoms with Crippen LogP contribution in [0.15, 0.2) is 30.6 Å². The molecule has 28 heavy (non-hydrogen) atoms. The summed E-state index contributed by atoms with van der Waals surface area (Å²) in [5, 5.41) is 3.04. The highest BCUT2D eigenvalue weighted by Crippen LogP contribution is 2.33. The van der Waals surface area contributed by atoms with E-state index in [4.69, 9.17) is 0 Å². The van der Waals surface area contributed by atoms with E-state index in [0.29, 0.717) is 6.54 Å². The minimum atomic E-state index is -0.0140. The number of carbonyl (C=O) groups is 2. The second kappa shape index (κ2) is 8.86. The molecule has 1 N–H and O–H groups in total. The van der Waals surface area contributed by atoms with Crippen LogP contribution in [0.3, 0.4) is 0 Å². The molecule has 3 heterocycles. The Balaban J connectivity index is 1.37. The molecule has 6 heteroatoms. The lowest BCUT2D eigenvalue weighted by Gasteiger charge is -2.21. The first-order valence-corrected chi connectivity index (χ1v) is 11.1. The Morgan fingerprint density at radius 3 is 2.79 bits per heavy atom. The summed E-state index contributed by atoms with van der Waals surface area (Å²) in [6, 6.07) is 5.89. The van der Waals surface area contributed by atoms with Crippen LogP contribution in [0.25, 0.3) is 0 Å². The van der Waals surface area contributed by atoms with Crippen LogP contribution in [0.5, 0.6) is 0 Å². The quantitative estimate of drug-likeness (QED) is 0.858. The average molecular weight is 398 g/mol. The number of nitrogens with zero attached hydrogens (tertiary/aromatic N) is 2. The predicted molar refractivity (Wildman–Crippen MR) is 110 cm³/mol. The van der Waals surface area contributed by atoms with Crippen LogP contribution in [0.4, 0.5) is 0 Å². The van der Waals surface area contributed by atoms with Crippen molar-refractivity contribution in [2.24, 2.45) is 5.92 Å². The number of hydrogen-bond donors (Lipinski definition) is 1. The van der Waals surface area contributed by atoms with E-state index in [1.165, 1.54) is 23.3 Å². The van der Waals surface area contributed by atoms with Crippen molar-refractivity contribution in [1.29, 1.82) is 0 Å². The highest BCUT2D eigenvalue weighted by atomic mass is 32.1. The van der Waals surface area contributed by atoms with E-state index in [0.717, 1.165) is 55.6 Å². The number of carbonyl (C=O) groups excluding carboxylic acids is 2. The third kappa shape index (κ3) is 4.43. The number of nitrogens with one attached hydrogen (secondary N) is 1. The van der Waals surface area contributed by atoms with Gasteiger partial charge in [0, 0.05) is 42.8 Å². The molecule has 0 aromatic carbocycles. The summed E-state index contributed by atoms with van der Waals surface area (Å²) in [6.45, 7) is 2.26. The van der Waals surface area contributed by atoms with Crippen molar-refractivity contribution < 1.29 is 9.59 Å². The maximum atomic E-state index is 12.9. The van der Waals surface area contributed by atoms with Crippen molar-refractivity contribution in [3.63, 3.8) is 0 Å². The lowest BCUT2D eigenvalue weighted by Crippen LogP contribution is -2.33. The largest absolute Gasteiger partial charge is 0.352 e. The van der Waals surface area contributed by atoms with Crippen molar-refractivity contribution in [3.05, 3.63) is 51.5 Å². The monoisotopic (exact) mass is 397 g/mol. The minimum absolute atomic E-state index is 0.0140. The third-order valence-corrected chi connectivity index (χ3v) is 6.97. The molecule has 1 aliphatic heterocycles. The Bertz CT molecular complexity index is 826. The van der Waals surface area contributed by atoms with E-state index < -0.39 is 0 Å². The first kappa shape index (κ1) is 19.1. The lowest BCUT2D eigenvalue weighted by atomic mass is 9.87. The van der Waals surface area contributed by atoms with Gasteiger partial charge in [-0.15, -0.1) is 11.3 Å².